The molecule has 0 aliphatic heterocycles. The summed E-state index contributed by atoms with van der Waals surface area (Å²) in [5.74, 6) is -2.06. The highest BCUT2D eigenvalue weighted by Gasteiger charge is 2.14. The first-order valence-corrected chi connectivity index (χ1v) is 3.21. The van der Waals surface area contributed by atoms with Crippen LogP contribution >= 0.6 is 0 Å². The Kier molecular flexibility index (Phi) is 4.51. The van der Waals surface area contributed by atoms with Gasteiger partial charge in [0.25, 0.3) is 0 Å². The van der Waals surface area contributed by atoms with E-state index < -0.39 is 11.9 Å². The lowest BCUT2D eigenvalue weighted by Crippen LogP contribution is -2.10. The fourth-order valence-electron chi connectivity index (χ4n) is 0.628. The van der Waals surface area contributed by atoms with E-state index in [0.29, 0.717) is 12.8 Å². The SMILES string of the molecule is N#CCCCC(C#N)C(=O)O. The number of rotatable bonds is 4. The predicted octanol–water partition coefficient (Wildman–Crippen LogP) is 0.905. The van der Waals surface area contributed by atoms with Crippen LogP contribution < -0.4 is 0 Å². The van der Waals surface area contributed by atoms with E-state index in [1.807, 2.05) is 6.07 Å². The van der Waals surface area contributed by atoms with Gasteiger partial charge in [0, 0.05) is 6.42 Å². The van der Waals surface area contributed by atoms with Crippen LogP contribution in [-0.4, -0.2) is 11.1 Å². The molecule has 0 bridgehead atoms. The second-order valence-corrected chi connectivity index (χ2v) is 2.07. The Balaban J connectivity index is 3.66. The van der Waals surface area contributed by atoms with Gasteiger partial charge in [-0.05, 0) is 12.8 Å². The van der Waals surface area contributed by atoms with Crippen molar-refractivity contribution in [2.75, 3.05) is 0 Å². The molecule has 0 radical (unpaired) electrons. The summed E-state index contributed by atoms with van der Waals surface area (Å²) >= 11 is 0. The molecule has 11 heavy (non-hydrogen) atoms. The molecule has 0 saturated heterocycles. The second-order valence-electron chi connectivity index (χ2n) is 2.07. The van der Waals surface area contributed by atoms with Gasteiger partial charge in [-0.2, -0.15) is 10.5 Å². The minimum Gasteiger partial charge on any atom is -0.480 e. The summed E-state index contributed by atoms with van der Waals surface area (Å²) in [6.45, 7) is 0. The van der Waals surface area contributed by atoms with Crippen LogP contribution in [0.5, 0.6) is 0 Å². The summed E-state index contributed by atoms with van der Waals surface area (Å²) < 4.78 is 0. The third kappa shape index (κ3) is 3.94. The monoisotopic (exact) mass is 152 g/mol. The van der Waals surface area contributed by atoms with Gasteiger partial charge in [0.15, 0.2) is 0 Å². The Hall–Kier alpha value is -1.55. The molecule has 0 heterocycles. The maximum atomic E-state index is 10.2. The molecule has 0 aliphatic rings. The average molecular weight is 152 g/mol. The molecule has 0 spiro atoms. The minimum atomic E-state index is -1.11. The van der Waals surface area contributed by atoms with Crippen LogP contribution in [0, 0.1) is 28.6 Å². The summed E-state index contributed by atoms with van der Waals surface area (Å²) in [4.78, 5) is 10.2. The van der Waals surface area contributed by atoms with Crippen molar-refractivity contribution in [3.05, 3.63) is 0 Å². The van der Waals surface area contributed by atoms with Gasteiger partial charge >= 0.3 is 5.97 Å². The smallest absolute Gasteiger partial charge is 0.320 e. The molecular weight excluding hydrogens is 144 g/mol. The zero-order valence-electron chi connectivity index (χ0n) is 5.95. The fraction of sp³-hybridized carbons (Fsp3) is 0.571. The van der Waals surface area contributed by atoms with Crippen molar-refractivity contribution >= 4 is 5.97 Å². The number of nitriles is 2. The molecule has 0 fully saturated rings. The molecule has 0 aromatic rings. The Morgan fingerprint density at radius 2 is 2.18 bits per heavy atom. The Bertz CT molecular complexity index is 211. The van der Waals surface area contributed by atoms with Crippen LogP contribution in [0.15, 0.2) is 0 Å². The summed E-state index contributed by atoms with van der Waals surface area (Å²) in [5.41, 5.74) is 0. The molecule has 0 rings (SSSR count). The van der Waals surface area contributed by atoms with E-state index in [1.165, 1.54) is 0 Å². The highest BCUT2D eigenvalue weighted by Crippen LogP contribution is 2.06. The lowest BCUT2D eigenvalue weighted by atomic mass is 10.0. The van der Waals surface area contributed by atoms with Gasteiger partial charge in [-0.25, -0.2) is 0 Å². The number of carboxylic acids is 1. The number of aliphatic carboxylic acids is 1. The van der Waals surface area contributed by atoms with Gasteiger partial charge in [-0.1, -0.05) is 0 Å². The summed E-state index contributed by atoms with van der Waals surface area (Å²) in [6, 6.07) is 3.54. The van der Waals surface area contributed by atoms with Gasteiger partial charge in [0.05, 0.1) is 12.1 Å². The molecule has 1 N–H and O–H groups in total. The maximum Gasteiger partial charge on any atom is 0.320 e. The van der Waals surface area contributed by atoms with Crippen LogP contribution in [0.3, 0.4) is 0 Å². The standard InChI is InChI=1S/C7H8N2O2/c8-4-2-1-3-6(5-9)7(10)11/h6H,1-3H2,(H,10,11). The first-order valence-electron chi connectivity index (χ1n) is 3.21. The Morgan fingerprint density at radius 3 is 2.55 bits per heavy atom. The molecule has 1 unspecified atom stereocenters. The van der Waals surface area contributed by atoms with E-state index in [-0.39, 0.29) is 6.42 Å². The first-order chi connectivity index (χ1) is 5.22. The van der Waals surface area contributed by atoms with Gasteiger partial charge in [0.1, 0.15) is 5.92 Å². The van der Waals surface area contributed by atoms with Crippen molar-refractivity contribution in [3.63, 3.8) is 0 Å². The van der Waals surface area contributed by atoms with Crippen LogP contribution in [0.2, 0.25) is 0 Å². The predicted molar refractivity (Wildman–Crippen MR) is 36.2 cm³/mol. The van der Waals surface area contributed by atoms with Crippen molar-refractivity contribution in [2.45, 2.75) is 19.3 Å². The molecule has 0 aromatic carbocycles. The van der Waals surface area contributed by atoms with Crippen LogP contribution in [0.1, 0.15) is 19.3 Å². The molecule has 0 amide bonds. The molecule has 0 aliphatic carbocycles. The molecule has 4 nitrogen and oxygen atoms in total. The van der Waals surface area contributed by atoms with Gasteiger partial charge < -0.3 is 5.11 Å². The third-order valence-corrected chi connectivity index (χ3v) is 1.24. The van der Waals surface area contributed by atoms with Crippen molar-refractivity contribution in [2.24, 2.45) is 5.92 Å². The summed E-state index contributed by atoms with van der Waals surface area (Å²) in [5, 5.41) is 24.8. The van der Waals surface area contributed by atoms with Crippen LogP contribution in [-0.2, 0) is 4.79 Å². The van der Waals surface area contributed by atoms with Gasteiger partial charge in [0.2, 0.25) is 0 Å². The molecule has 1 atom stereocenters. The summed E-state index contributed by atoms with van der Waals surface area (Å²) in [6.07, 6.45) is 1.05. The number of unbranched alkanes of at least 4 members (excludes halogenated alkanes) is 1. The maximum absolute atomic E-state index is 10.2. The lowest BCUT2D eigenvalue weighted by Gasteiger charge is -1.98. The number of hydrogen-bond acceptors (Lipinski definition) is 3. The van der Waals surface area contributed by atoms with Crippen LogP contribution in [0.25, 0.3) is 0 Å². The quantitative estimate of drug-likeness (QED) is 0.606. The van der Waals surface area contributed by atoms with E-state index in [2.05, 4.69) is 0 Å². The van der Waals surface area contributed by atoms with Crippen molar-refractivity contribution in [1.82, 2.24) is 0 Å². The highest BCUT2D eigenvalue weighted by molar-refractivity contribution is 5.72. The topological polar surface area (TPSA) is 84.9 Å². The first kappa shape index (κ1) is 9.45. The number of nitrogens with zero attached hydrogens (tertiary/aromatic N) is 2. The molecular formula is C7H8N2O2. The van der Waals surface area contributed by atoms with Crippen molar-refractivity contribution in [3.8, 4) is 12.1 Å². The molecule has 4 heteroatoms. The molecule has 0 saturated carbocycles. The van der Waals surface area contributed by atoms with Crippen LogP contribution in [0.4, 0.5) is 0 Å². The largest absolute Gasteiger partial charge is 0.480 e. The van der Waals surface area contributed by atoms with E-state index in [1.54, 1.807) is 6.07 Å². The number of carbonyl (C=O) groups is 1. The van der Waals surface area contributed by atoms with E-state index in [4.69, 9.17) is 15.6 Å². The Labute approximate surface area is 64.7 Å². The Morgan fingerprint density at radius 1 is 1.55 bits per heavy atom. The molecule has 58 valence electrons. The fourth-order valence-corrected chi connectivity index (χ4v) is 0.628. The molecule has 0 aromatic heterocycles. The summed E-state index contributed by atoms with van der Waals surface area (Å²) in [7, 11) is 0. The zero-order chi connectivity index (χ0) is 8.69. The van der Waals surface area contributed by atoms with Gasteiger partial charge in [-0.3, -0.25) is 4.79 Å². The van der Waals surface area contributed by atoms with E-state index >= 15 is 0 Å². The number of carboxylic acid groups (broad SMARTS) is 1. The second kappa shape index (κ2) is 5.25. The zero-order valence-corrected chi connectivity index (χ0v) is 5.95. The lowest BCUT2D eigenvalue weighted by molar-refractivity contribution is -0.140. The minimum absolute atomic E-state index is 0.263. The average Bonchev–Trinajstić information content (AvgIpc) is 1.97. The normalized spacial score (nSPS) is 11.1. The van der Waals surface area contributed by atoms with E-state index in [0.717, 1.165) is 0 Å². The van der Waals surface area contributed by atoms with Crippen molar-refractivity contribution in [1.29, 1.82) is 10.5 Å². The van der Waals surface area contributed by atoms with Crippen molar-refractivity contribution < 1.29 is 9.90 Å². The number of hydrogen-bond donors (Lipinski definition) is 1. The van der Waals surface area contributed by atoms with E-state index in [9.17, 15) is 4.79 Å². The third-order valence-electron chi connectivity index (χ3n) is 1.24. The highest BCUT2D eigenvalue weighted by atomic mass is 16.4. The van der Waals surface area contributed by atoms with Gasteiger partial charge in [-0.15, -0.1) is 0 Å².